The second kappa shape index (κ2) is 5.09. The zero-order valence-corrected chi connectivity index (χ0v) is 11.2. The van der Waals surface area contributed by atoms with Gasteiger partial charge in [0, 0.05) is 13.6 Å². The number of rotatable bonds is 5. The first kappa shape index (κ1) is 13.1. The number of allylic oxidation sites excluding steroid dienone is 1. The molecular weight excluding hydrogens is 242 g/mol. The summed E-state index contributed by atoms with van der Waals surface area (Å²) in [6.45, 7) is 10.6. The highest BCUT2D eigenvalue weighted by atomic mass is 16.1. The first-order valence-corrected chi connectivity index (χ1v) is 5.95. The van der Waals surface area contributed by atoms with Gasteiger partial charge < -0.3 is 4.90 Å². The van der Waals surface area contributed by atoms with E-state index < -0.39 is 0 Å². The summed E-state index contributed by atoms with van der Waals surface area (Å²) in [6, 6.07) is 0. The molecule has 0 unspecified atom stereocenters. The van der Waals surface area contributed by atoms with Crippen molar-refractivity contribution in [2.24, 2.45) is 0 Å². The van der Waals surface area contributed by atoms with Crippen molar-refractivity contribution in [2.45, 2.75) is 13.5 Å². The Labute approximate surface area is 111 Å². The molecule has 1 N–H and O–H groups in total. The molecule has 6 heteroatoms. The first-order chi connectivity index (χ1) is 9.02. The SMILES string of the molecule is C=CCn1ncc2c(=O)[nH]c(N(C)CC(=C)C)nc21. The zero-order chi connectivity index (χ0) is 14.0. The number of aromatic nitrogens is 4. The fourth-order valence-electron chi connectivity index (χ4n) is 1.87. The number of likely N-dealkylation sites (N-methyl/N-ethyl adjacent to an activating group) is 1. The van der Waals surface area contributed by atoms with Crippen LogP contribution >= 0.6 is 0 Å². The number of hydrogen-bond acceptors (Lipinski definition) is 4. The third kappa shape index (κ3) is 2.57. The van der Waals surface area contributed by atoms with Gasteiger partial charge in [0.2, 0.25) is 5.95 Å². The number of fused-ring (bicyclic) bond motifs is 1. The van der Waals surface area contributed by atoms with Crippen molar-refractivity contribution in [1.29, 1.82) is 0 Å². The van der Waals surface area contributed by atoms with Crippen molar-refractivity contribution in [2.75, 3.05) is 18.5 Å². The molecule has 0 aliphatic heterocycles. The lowest BCUT2D eigenvalue weighted by atomic mass is 10.3. The summed E-state index contributed by atoms with van der Waals surface area (Å²) in [6.07, 6.45) is 3.24. The minimum Gasteiger partial charge on any atom is -0.341 e. The number of anilines is 1. The number of hydrogen-bond donors (Lipinski definition) is 1. The highest BCUT2D eigenvalue weighted by Gasteiger charge is 2.11. The van der Waals surface area contributed by atoms with Gasteiger partial charge in [-0.2, -0.15) is 10.1 Å². The Kier molecular flexibility index (Phi) is 3.50. The van der Waals surface area contributed by atoms with E-state index in [1.54, 1.807) is 10.8 Å². The predicted molar refractivity (Wildman–Crippen MR) is 76.4 cm³/mol. The molecule has 0 fully saturated rings. The van der Waals surface area contributed by atoms with Gasteiger partial charge in [0.05, 0.1) is 12.7 Å². The minimum absolute atomic E-state index is 0.191. The largest absolute Gasteiger partial charge is 0.341 e. The normalized spacial score (nSPS) is 10.6. The summed E-state index contributed by atoms with van der Waals surface area (Å²) in [5, 5.41) is 4.61. The van der Waals surface area contributed by atoms with E-state index in [9.17, 15) is 4.79 Å². The van der Waals surface area contributed by atoms with Crippen LogP contribution in [0.4, 0.5) is 5.95 Å². The van der Waals surface area contributed by atoms with E-state index in [1.165, 1.54) is 6.20 Å². The summed E-state index contributed by atoms with van der Waals surface area (Å²) in [7, 11) is 1.85. The Bertz CT molecular complexity index is 682. The molecule has 0 aliphatic rings. The molecule has 2 aromatic heterocycles. The Morgan fingerprint density at radius 2 is 2.37 bits per heavy atom. The monoisotopic (exact) mass is 259 g/mol. The van der Waals surface area contributed by atoms with E-state index in [0.717, 1.165) is 5.57 Å². The summed E-state index contributed by atoms with van der Waals surface area (Å²) in [5.41, 5.74) is 1.36. The van der Waals surface area contributed by atoms with Crippen LogP contribution in [0, 0.1) is 0 Å². The first-order valence-electron chi connectivity index (χ1n) is 5.95. The van der Waals surface area contributed by atoms with E-state index >= 15 is 0 Å². The van der Waals surface area contributed by atoms with Gasteiger partial charge in [0.15, 0.2) is 5.65 Å². The van der Waals surface area contributed by atoms with Gasteiger partial charge >= 0.3 is 0 Å². The van der Waals surface area contributed by atoms with Crippen LogP contribution in [0.1, 0.15) is 6.92 Å². The lowest BCUT2D eigenvalue weighted by molar-refractivity contribution is 0.719. The summed E-state index contributed by atoms with van der Waals surface area (Å²) in [5.74, 6) is 0.506. The summed E-state index contributed by atoms with van der Waals surface area (Å²) >= 11 is 0. The van der Waals surface area contributed by atoms with Crippen LogP contribution < -0.4 is 10.5 Å². The third-order valence-corrected chi connectivity index (χ3v) is 2.66. The van der Waals surface area contributed by atoms with Gasteiger partial charge in [-0.1, -0.05) is 18.2 Å². The van der Waals surface area contributed by atoms with Gasteiger partial charge in [-0.15, -0.1) is 6.58 Å². The van der Waals surface area contributed by atoms with Crippen LogP contribution in [0.15, 0.2) is 35.8 Å². The molecule has 0 bridgehead atoms. The topological polar surface area (TPSA) is 66.8 Å². The smallest absolute Gasteiger partial charge is 0.263 e. The van der Waals surface area contributed by atoms with Gasteiger partial charge in [-0.25, -0.2) is 4.68 Å². The van der Waals surface area contributed by atoms with Crippen molar-refractivity contribution in [3.8, 4) is 0 Å². The molecule has 0 aromatic carbocycles. The molecule has 19 heavy (non-hydrogen) atoms. The molecule has 100 valence electrons. The summed E-state index contributed by atoms with van der Waals surface area (Å²) in [4.78, 5) is 21.0. The zero-order valence-electron chi connectivity index (χ0n) is 11.2. The second-order valence-corrected chi connectivity index (χ2v) is 4.56. The summed E-state index contributed by atoms with van der Waals surface area (Å²) < 4.78 is 1.65. The quantitative estimate of drug-likeness (QED) is 0.822. The lowest BCUT2D eigenvalue weighted by Crippen LogP contribution is -2.24. The van der Waals surface area contributed by atoms with Gasteiger partial charge in [0.25, 0.3) is 5.56 Å². The van der Waals surface area contributed by atoms with Crippen LogP contribution in [-0.2, 0) is 6.54 Å². The Morgan fingerprint density at radius 3 is 3.00 bits per heavy atom. The van der Waals surface area contributed by atoms with Crippen molar-refractivity contribution in [3.63, 3.8) is 0 Å². The number of nitrogens with one attached hydrogen (secondary N) is 1. The number of nitrogens with zero attached hydrogens (tertiary/aromatic N) is 4. The van der Waals surface area contributed by atoms with E-state index in [2.05, 4.69) is 28.2 Å². The van der Waals surface area contributed by atoms with Crippen LogP contribution in [0.2, 0.25) is 0 Å². The second-order valence-electron chi connectivity index (χ2n) is 4.56. The molecule has 0 amide bonds. The highest BCUT2D eigenvalue weighted by Crippen LogP contribution is 2.11. The van der Waals surface area contributed by atoms with Gasteiger partial charge in [-0.05, 0) is 6.92 Å². The maximum absolute atomic E-state index is 12.0. The molecule has 0 saturated carbocycles. The third-order valence-electron chi connectivity index (χ3n) is 2.66. The molecule has 0 spiro atoms. The molecule has 0 radical (unpaired) electrons. The molecular formula is C13H17N5O. The lowest BCUT2D eigenvalue weighted by Gasteiger charge is -2.17. The van der Waals surface area contributed by atoms with Crippen molar-refractivity contribution < 1.29 is 0 Å². The molecule has 0 atom stereocenters. The average Bonchev–Trinajstić information content (AvgIpc) is 2.73. The molecule has 2 heterocycles. The van der Waals surface area contributed by atoms with Crippen LogP contribution in [0.25, 0.3) is 11.0 Å². The Hall–Kier alpha value is -2.37. The molecule has 0 aliphatic carbocycles. The van der Waals surface area contributed by atoms with Crippen LogP contribution in [0.3, 0.4) is 0 Å². The highest BCUT2D eigenvalue weighted by molar-refractivity contribution is 5.74. The molecule has 2 aromatic rings. The molecule has 6 nitrogen and oxygen atoms in total. The predicted octanol–water partition coefficient (Wildman–Crippen LogP) is 1.32. The minimum atomic E-state index is -0.191. The van der Waals surface area contributed by atoms with Gasteiger partial charge in [0.1, 0.15) is 5.39 Å². The van der Waals surface area contributed by atoms with Crippen LogP contribution in [-0.4, -0.2) is 33.3 Å². The fraction of sp³-hybridized carbons (Fsp3) is 0.308. The Morgan fingerprint density at radius 1 is 1.63 bits per heavy atom. The van der Waals surface area contributed by atoms with Crippen molar-refractivity contribution in [3.05, 3.63) is 41.4 Å². The molecule has 2 rings (SSSR count). The maximum Gasteiger partial charge on any atom is 0.263 e. The maximum atomic E-state index is 12.0. The van der Waals surface area contributed by atoms with E-state index in [4.69, 9.17) is 0 Å². The van der Waals surface area contributed by atoms with Gasteiger partial charge in [-0.3, -0.25) is 9.78 Å². The van der Waals surface area contributed by atoms with Crippen molar-refractivity contribution in [1.82, 2.24) is 19.7 Å². The number of H-pyrrole nitrogens is 1. The van der Waals surface area contributed by atoms with E-state index in [1.807, 2.05) is 18.9 Å². The average molecular weight is 259 g/mol. The fourth-order valence-corrected chi connectivity index (χ4v) is 1.87. The standard InChI is InChI=1S/C13H17N5O/c1-5-6-18-11-10(7-14-18)12(19)16-13(15-11)17(4)8-9(2)3/h5,7H,1-2,6,8H2,3-4H3,(H,15,16,19). The molecule has 0 saturated heterocycles. The number of aromatic amines is 1. The van der Waals surface area contributed by atoms with E-state index in [0.29, 0.717) is 30.1 Å². The van der Waals surface area contributed by atoms with Crippen molar-refractivity contribution >= 4 is 17.0 Å². The van der Waals surface area contributed by atoms with E-state index in [-0.39, 0.29) is 5.56 Å². The van der Waals surface area contributed by atoms with Crippen LogP contribution in [0.5, 0.6) is 0 Å². The Balaban J connectivity index is 2.52.